The number of rotatable bonds is 6. The topological polar surface area (TPSA) is 69.6 Å². The maximum Gasteiger partial charge on any atom is 0.251 e. The Kier molecular flexibility index (Phi) is 6.54. The summed E-state index contributed by atoms with van der Waals surface area (Å²) in [6, 6.07) is 6.90. The van der Waals surface area contributed by atoms with Gasteiger partial charge >= 0.3 is 0 Å². The van der Waals surface area contributed by atoms with E-state index in [0.717, 1.165) is 38.0 Å². The first-order valence-electron chi connectivity index (χ1n) is 8.49. The van der Waals surface area contributed by atoms with Gasteiger partial charge in [0.1, 0.15) is 0 Å². The normalized spacial score (nSPS) is 19.2. The van der Waals surface area contributed by atoms with Crippen LogP contribution in [-0.4, -0.2) is 44.7 Å². The quantitative estimate of drug-likeness (QED) is 0.772. The molecule has 1 unspecified atom stereocenters. The number of benzene rings is 1. The predicted octanol–water partition coefficient (Wildman–Crippen LogP) is 2.65. The number of carbonyl (C=O) groups excluding carboxylic acids is 1. The average Bonchev–Trinajstić information content (AvgIpc) is 2.49. The Balaban J connectivity index is 1.91. The Bertz CT molecular complexity index is 578. The van der Waals surface area contributed by atoms with E-state index in [9.17, 15) is 9.00 Å². The summed E-state index contributed by atoms with van der Waals surface area (Å²) in [4.78, 5) is 14.9. The van der Waals surface area contributed by atoms with Crippen LogP contribution in [0.5, 0.6) is 0 Å². The molecule has 0 aliphatic carbocycles. The van der Waals surface area contributed by atoms with Gasteiger partial charge in [0.25, 0.3) is 5.91 Å². The second kappa shape index (κ2) is 8.23. The van der Waals surface area contributed by atoms with Crippen molar-refractivity contribution in [1.29, 1.82) is 0 Å². The molecule has 1 fully saturated rings. The summed E-state index contributed by atoms with van der Waals surface area (Å²) >= 11 is -1.86. The molecule has 1 aliphatic heterocycles. The Morgan fingerprint density at radius 3 is 2.38 bits per heavy atom. The lowest BCUT2D eigenvalue weighted by atomic mass is 9.89. The van der Waals surface area contributed by atoms with Crippen LogP contribution >= 0.6 is 0 Å². The highest BCUT2D eigenvalue weighted by Gasteiger charge is 2.31. The highest BCUT2D eigenvalue weighted by molar-refractivity contribution is 7.78. The van der Waals surface area contributed by atoms with Crippen molar-refractivity contribution in [1.82, 2.24) is 10.2 Å². The van der Waals surface area contributed by atoms with Crippen LogP contribution in [0.3, 0.4) is 0 Å². The zero-order valence-electron chi connectivity index (χ0n) is 14.7. The molecule has 24 heavy (non-hydrogen) atoms. The van der Waals surface area contributed by atoms with Gasteiger partial charge in [0.15, 0.2) is 11.1 Å². The average molecular weight is 353 g/mol. The van der Waals surface area contributed by atoms with Gasteiger partial charge in [0.2, 0.25) is 0 Å². The van der Waals surface area contributed by atoms with Gasteiger partial charge in [-0.25, -0.2) is 4.21 Å². The maximum atomic E-state index is 12.5. The maximum absolute atomic E-state index is 12.5. The first-order valence-corrected chi connectivity index (χ1v) is 9.76. The van der Waals surface area contributed by atoms with Gasteiger partial charge in [-0.2, -0.15) is 0 Å². The smallest absolute Gasteiger partial charge is 0.251 e. The molecule has 0 radical (unpaired) electrons. The summed E-state index contributed by atoms with van der Waals surface area (Å²) in [5.41, 5.74) is 1.17. The molecule has 2 N–H and O–H groups in total. The molecule has 6 heteroatoms. The second-order valence-electron chi connectivity index (χ2n) is 7.37. The predicted molar refractivity (Wildman–Crippen MR) is 97.3 cm³/mol. The standard InChI is InChI=1S/C18H28N2O3S/c1-14(2)12-20-10-8-18(3,9-11-20)19-17(21)16-6-4-15(5-7-16)13-24(22)23/h4-7,14H,8-13H2,1-3H3,(H,19,21)(H,22,23). The van der Waals surface area contributed by atoms with Crippen LogP contribution in [0.15, 0.2) is 24.3 Å². The number of amides is 1. The molecule has 0 saturated carbocycles. The highest BCUT2D eigenvalue weighted by Crippen LogP contribution is 2.23. The fraction of sp³-hybridized carbons (Fsp3) is 0.611. The van der Waals surface area contributed by atoms with Crippen LogP contribution in [0, 0.1) is 5.92 Å². The fourth-order valence-electron chi connectivity index (χ4n) is 3.11. The van der Waals surface area contributed by atoms with E-state index in [-0.39, 0.29) is 17.2 Å². The summed E-state index contributed by atoms with van der Waals surface area (Å²) in [6.45, 7) is 9.70. The van der Waals surface area contributed by atoms with Crippen molar-refractivity contribution in [2.45, 2.75) is 44.9 Å². The Labute approximate surface area is 147 Å². The minimum atomic E-state index is -1.86. The Morgan fingerprint density at radius 1 is 1.29 bits per heavy atom. The van der Waals surface area contributed by atoms with Gasteiger partial charge in [-0.3, -0.25) is 4.79 Å². The minimum Gasteiger partial charge on any atom is -0.347 e. The lowest BCUT2D eigenvalue weighted by Gasteiger charge is -2.40. The van der Waals surface area contributed by atoms with E-state index in [2.05, 4.69) is 31.0 Å². The molecule has 0 spiro atoms. The molecule has 1 aromatic rings. The summed E-state index contributed by atoms with van der Waals surface area (Å²) in [7, 11) is 0. The Morgan fingerprint density at radius 2 is 1.88 bits per heavy atom. The third-order valence-corrected chi connectivity index (χ3v) is 5.08. The van der Waals surface area contributed by atoms with Crippen molar-refractivity contribution < 1.29 is 13.6 Å². The SMILES string of the molecule is CC(C)CN1CCC(C)(NC(=O)c2ccc(CS(=O)O)cc2)CC1. The van der Waals surface area contributed by atoms with E-state index < -0.39 is 11.1 Å². The number of hydrogen-bond donors (Lipinski definition) is 2. The van der Waals surface area contributed by atoms with Crippen molar-refractivity contribution in [2.75, 3.05) is 19.6 Å². The number of likely N-dealkylation sites (tertiary alicyclic amines) is 1. The summed E-state index contributed by atoms with van der Waals surface area (Å²) in [6.07, 6.45) is 1.90. The first-order chi connectivity index (χ1) is 11.3. The van der Waals surface area contributed by atoms with Crippen LogP contribution in [-0.2, 0) is 16.8 Å². The van der Waals surface area contributed by atoms with Gasteiger partial charge in [0.05, 0.1) is 5.75 Å². The molecule has 1 saturated heterocycles. The van der Waals surface area contributed by atoms with Gasteiger partial charge in [-0.15, -0.1) is 0 Å². The molecule has 2 rings (SSSR count). The van der Waals surface area contributed by atoms with Gasteiger partial charge in [-0.05, 0) is 43.4 Å². The van der Waals surface area contributed by atoms with Crippen LogP contribution < -0.4 is 5.32 Å². The third-order valence-electron chi connectivity index (χ3n) is 4.50. The van der Waals surface area contributed by atoms with Gasteiger partial charge < -0.3 is 14.8 Å². The van der Waals surface area contributed by atoms with Crippen molar-refractivity contribution in [3.63, 3.8) is 0 Å². The van der Waals surface area contributed by atoms with Crippen molar-refractivity contribution >= 4 is 17.0 Å². The lowest BCUT2D eigenvalue weighted by molar-refractivity contribution is 0.0823. The van der Waals surface area contributed by atoms with E-state index in [0.29, 0.717) is 11.5 Å². The second-order valence-corrected chi connectivity index (χ2v) is 8.30. The summed E-state index contributed by atoms with van der Waals surface area (Å²) in [5, 5.41) is 3.17. The van der Waals surface area contributed by atoms with Crippen LogP contribution in [0.4, 0.5) is 0 Å². The van der Waals surface area contributed by atoms with Gasteiger partial charge in [-0.1, -0.05) is 26.0 Å². The van der Waals surface area contributed by atoms with E-state index in [4.69, 9.17) is 4.55 Å². The van der Waals surface area contributed by atoms with Crippen LogP contribution in [0.1, 0.15) is 49.5 Å². The van der Waals surface area contributed by atoms with Crippen molar-refractivity contribution in [2.24, 2.45) is 5.92 Å². The molecule has 0 aromatic heterocycles. The largest absolute Gasteiger partial charge is 0.347 e. The third kappa shape index (κ3) is 5.69. The first kappa shape index (κ1) is 19.1. The van der Waals surface area contributed by atoms with E-state index in [1.807, 2.05) is 0 Å². The number of hydrogen-bond acceptors (Lipinski definition) is 3. The minimum absolute atomic E-state index is 0.0773. The molecule has 1 heterocycles. The zero-order chi connectivity index (χ0) is 17.7. The molecule has 1 aromatic carbocycles. The van der Waals surface area contributed by atoms with Crippen molar-refractivity contribution in [3.8, 4) is 0 Å². The Hall–Kier alpha value is -1.24. The van der Waals surface area contributed by atoms with Crippen LogP contribution in [0.25, 0.3) is 0 Å². The molecule has 1 amide bonds. The van der Waals surface area contributed by atoms with Gasteiger partial charge in [0, 0.05) is 30.7 Å². The number of piperidine rings is 1. The summed E-state index contributed by atoms with van der Waals surface area (Å²) < 4.78 is 19.7. The fourth-order valence-corrected chi connectivity index (χ4v) is 3.59. The molecule has 134 valence electrons. The monoisotopic (exact) mass is 352 g/mol. The van der Waals surface area contributed by atoms with Crippen molar-refractivity contribution in [3.05, 3.63) is 35.4 Å². The lowest BCUT2D eigenvalue weighted by Crippen LogP contribution is -2.53. The molecular formula is C18H28N2O3S. The number of nitrogens with zero attached hydrogens (tertiary/aromatic N) is 1. The van der Waals surface area contributed by atoms with E-state index in [1.165, 1.54) is 0 Å². The molecule has 1 aliphatic rings. The van der Waals surface area contributed by atoms with E-state index >= 15 is 0 Å². The summed E-state index contributed by atoms with van der Waals surface area (Å²) in [5.74, 6) is 0.674. The molecule has 5 nitrogen and oxygen atoms in total. The molecule has 1 atom stereocenters. The number of carbonyl (C=O) groups is 1. The number of nitrogens with one attached hydrogen (secondary N) is 1. The highest BCUT2D eigenvalue weighted by atomic mass is 32.2. The van der Waals surface area contributed by atoms with Crippen LogP contribution in [0.2, 0.25) is 0 Å². The molecular weight excluding hydrogens is 324 g/mol. The molecule has 0 bridgehead atoms. The zero-order valence-corrected chi connectivity index (χ0v) is 15.6. The van der Waals surface area contributed by atoms with E-state index in [1.54, 1.807) is 24.3 Å².